The number of urea groups is 1. The predicted octanol–water partition coefficient (Wildman–Crippen LogP) is 3.10. The first-order valence-electron chi connectivity index (χ1n) is 6.47. The van der Waals surface area contributed by atoms with E-state index in [1.165, 1.54) is 29.0 Å². The van der Waals surface area contributed by atoms with Crippen molar-refractivity contribution in [2.45, 2.75) is 6.36 Å². The van der Waals surface area contributed by atoms with Gasteiger partial charge >= 0.3 is 12.4 Å². The molecule has 0 atom stereocenters. The topological polar surface area (TPSA) is 81.6 Å². The number of nitrogens with zero attached hydrogens (tertiary/aromatic N) is 1. The third-order valence-corrected chi connectivity index (χ3v) is 2.73. The largest absolute Gasteiger partial charge is 0.573 e. The van der Waals surface area contributed by atoms with Crippen LogP contribution in [0.4, 0.5) is 29.3 Å². The predicted molar refractivity (Wildman–Crippen MR) is 77.9 cm³/mol. The molecule has 0 bridgehead atoms. The summed E-state index contributed by atoms with van der Waals surface area (Å²) in [6, 6.07) is 5.46. The van der Waals surface area contributed by atoms with E-state index in [9.17, 15) is 22.8 Å². The van der Waals surface area contributed by atoms with Gasteiger partial charge in [-0.05, 0) is 24.3 Å². The van der Waals surface area contributed by atoms with E-state index < -0.39 is 18.1 Å². The Morgan fingerprint density at radius 1 is 1.17 bits per heavy atom. The third kappa shape index (κ3) is 4.93. The molecule has 0 fully saturated rings. The molecule has 128 valence electrons. The maximum atomic E-state index is 12.0. The van der Waals surface area contributed by atoms with Gasteiger partial charge < -0.3 is 24.7 Å². The molecule has 2 N–H and O–H groups in total. The van der Waals surface area contributed by atoms with Crippen LogP contribution in [-0.2, 0) is 11.8 Å². The van der Waals surface area contributed by atoms with E-state index in [1.54, 1.807) is 7.05 Å². The summed E-state index contributed by atoms with van der Waals surface area (Å²) >= 11 is 0. The lowest BCUT2D eigenvalue weighted by atomic mass is 10.3. The van der Waals surface area contributed by atoms with Gasteiger partial charge in [0.2, 0.25) is 5.88 Å². The number of aromatic nitrogens is 1. The zero-order valence-corrected chi connectivity index (χ0v) is 12.3. The summed E-state index contributed by atoms with van der Waals surface area (Å²) in [5.41, 5.74) is 0.631. The second-order valence-corrected chi connectivity index (χ2v) is 4.54. The zero-order valence-electron chi connectivity index (χ0n) is 12.3. The molecule has 0 unspecified atom stereocenters. The fourth-order valence-corrected chi connectivity index (χ4v) is 1.81. The number of hydrogen-bond donors (Lipinski definition) is 2. The molecule has 0 aliphatic carbocycles. The van der Waals surface area contributed by atoms with Crippen molar-refractivity contribution in [3.05, 3.63) is 36.5 Å². The third-order valence-electron chi connectivity index (χ3n) is 2.73. The number of nitrogens with one attached hydrogen (secondary N) is 2. The SMILES string of the molecule is Cn1cc(NC(=O)Nc2ccc(OC(F)(F)F)cc2)cc1OC=O. The number of rotatable bonds is 5. The Kier molecular flexibility index (Phi) is 4.97. The summed E-state index contributed by atoms with van der Waals surface area (Å²) in [6.45, 7) is 0.254. The summed E-state index contributed by atoms with van der Waals surface area (Å²) in [4.78, 5) is 22.1. The molecule has 1 aromatic heterocycles. The normalized spacial score (nSPS) is 10.8. The highest BCUT2D eigenvalue weighted by molar-refractivity contribution is 5.99. The van der Waals surface area contributed by atoms with E-state index in [0.717, 1.165) is 12.1 Å². The first kappa shape index (κ1) is 17.2. The van der Waals surface area contributed by atoms with Gasteiger partial charge in [0.25, 0.3) is 6.47 Å². The first-order valence-corrected chi connectivity index (χ1v) is 6.47. The number of ether oxygens (including phenoxy) is 2. The zero-order chi connectivity index (χ0) is 17.7. The molecule has 0 saturated carbocycles. The van der Waals surface area contributed by atoms with Crippen molar-refractivity contribution in [2.24, 2.45) is 7.05 Å². The molecule has 1 heterocycles. The molecule has 0 aliphatic heterocycles. The highest BCUT2D eigenvalue weighted by Gasteiger charge is 2.30. The molecule has 0 saturated heterocycles. The number of halogens is 3. The highest BCUT2D eigenvalue weighted by atomic mass is 19.4. The van der Waals surface area contributed by atoms with Gasteiger partial charge in [-0.3, -0.25) is 4.79 Å². The van der Waals surface area contributed by atoms with E-state index in [4.69, 9.17) is 0 Å². The van der Waals surface area contributed by atoms with E-state index in [-0.39, 0.29) is 18.0 Å². The van der Waals surface area contributed by atoms with Crippen LogP contribution in [0.25, 0.3) is 0 Å². The van der Waals surface area contributed by atoms with E-state index in [1.807, 2.05) is 0 Å². The van der Waals surface area contributed by atoms with Crippen molar-refractivity contribution in [3.63, 3.8) is 0 Å². The molecule has 2 aromatic rings. The van der Waals surface area contributed by atoms with Crippen molar-refractivity contribution in [1.82, 2.24) is 4.57 Å². The number of alkyl halides is 3. The lowest BCUT2D eigenvalue weighted by Crippen LogP contribution is -2.19. The standard InChI is InChI=1S/C14H12F3N3O4/c1-20-7-10(6-12(20)23-8-21)19-13(22)18-9-2-4-11(5-3-9)24-14(15,16)17/h2-8H,1H3,(H2,18,19,22). The number of carbonyl (C=O) groups excluding carboxylic acids is 2. The molecule has 0 spiro atoms. The summed E-state index contributed by atoms with van der Waals surface area (Å²) in [7, 11) is 1.61. The van der Waals surface area contributed by atoms with Crippen molar-refractivity contribution < 1.29 is 32.2 Å². The number of hydrogen-bond acceptors (Lipinski definition) is 4. The lowest BCUT2D eigenvalue weighted by molar-refractivity contribution is -0.274. The number of amides is 2. The second kappa shape index (κ2) is 6.94. The minimum absolute atomic E-state index is 0.231. The monoisotopic (exact) mass is 343 g/mol. The van der Waals surface area contributed by atoms with Gasteiger partial charge in [0.05, 0.1) is 5.69 Å². The molecule has 10 heteroatoms. The summed E-state index contributed by atoms with van der Waals surface area (Å²) < 4.78 is 46.0. The average Bonchev–Trinajstić information content (AvgIpc) is 2.80. The van der Waals surface area contributed by atoms with Crippen LogP contribution in [0.3, 0.4) is 0 Å². The number of carbonyl (C=O) groups is 2. The van der Waals surface area contributed by atoms with Crippen LogP contribution in [0.1, 0.15) is 0 Å². The Morgan fingerprint density at radius 3 is 2.38 bits per heavy atom. The molecule has 7 nitrogen and oxygen atoms in total. The van der Waals surface area contributed by atoms with Gasteiger partial charge in [-0.15, -0.1) is 13.2 Å². The minimum Gasteiger partial charge on any atom is -0.411 e. The quantitative estimate of drug-likeness (QED) is 0.818. The summed E-state index contributed by atoms with van der Waals surface area (Å²) in [5, 5.41) is 4.92. The molecule has 2 rings (SSSR count). The van der Waals surface area contributed by atoms with Gasteiger partial charge in [0.15, 0.2) is 0 Å². The van der Waals surface area contributed by atoms with Crippen LogP contribution < -0.4 is 20.1 Å². The lowest BCUT2D eigenvalue weighted by Gasteiger charge is -2.10. The average molecular weight is 343 g/mol. The van der Waals surface area contributed by atoms with Crippen LogP contribution in [-0.4, -0.2) is 23.4 Å². The fourth-order valence-electron chi connectivity index (χ4n) is 1.81. The van der Waals surface area contributed by atoms with Crippen molar-refractivity contribution >= 4 is 23.9 Å². The number of anilines is 2. The number of aryl methyl sites for hydroxylation is 1. The maximum Gasteiger partial charge on any atom is 0.573 e. The second-order valence-electron chi connectivity index (χ2n) is 4.54. The minimum atomic E-state index is -4.78. The van der Waals surface area contributed by atoms with Gasteiger partial charge in [0.1, 0.15) is 5.75 Å². The Balaban J connectivity index is 1.94. The van der Waals surface area contributed by atoms with Crippen molar-refractivity contribution in [3.8, 4) is 11.6 Å². The maximum absolute atomic E-state index is 12.0. The first-order chi connectivity index (χ1) is 11.3. The fraction of sp³-hybridized carbons (Fsp3) is 0.143. The van der Waals surface area contributed by atoms with Gasteiger partial charge in [-0.2, -0.15) is 0 Å². The van der Waals surface area contributed by atoms with Crippen LogP contribution in [0.15, 0.2) is 36.5 Å². The van der Waals surface area contributed by atoms with Crippen LogP contribution in [0.2, 0.25) is 0 Å². The van der Waals surface area contributed by atoms with Gasteiger partial charge in [-0.1, -0.05) is 0 Å². The van der Waals surface area contributed by atoms with Crippen molar-refractivity contribution in [2.75, 3.05) is 10.6 Å². The smallest absolute Gasteiger partial charge is 0.411 e. The molecule has 24 heavy (non-hydrogen) atoms. The molecular weight excluding hydrogens is 331 g/mol. The summed E-state index contributed by atoms with van der Waals surface area (Å²) in [5.74, 6) is -0.166. The van der Waals surface area contributed by atoms with Crippen LogP contribution >= 0.6 is 0 Å². The van der Waals surface area contributed by atoms with E-state index in [2.05, 4.69) is 20.1 Å². The van der Waals surface area contributed by atoms with E-state index >= 15 is 0 Å². The Hall–Kier alpha value is -3.17. The molecule has 0 radical (unpaired) electrons. The van der Waals surface area contributed by atoms with Gasteiger partial charge in [-0.25, -0.2) is 4.79 Å². The molecular formula is C14H12F3N3O4. The molecule has 2 amide bonds. The van der Waals surface area contributed by atoms with Crippen LogP contribution in [0, 0.1) is 0 Å². The molecule has 0 aliphatic rings. The summed E-state index contributed by atoms with van der Waals surface area (Å²) in [6.07, 6.45) is -3.26. The Labute approximate surface area is 134 Å². The van der Waals surface area contributed by atoms with E-state index in [0.29, 0.717) is 5.69 Å². The van der Waals surface area contributed by atoms with Crippen LogP contribution in [0.5, 0.6) is 11.6 Å². The highest BCUT2D eigenvalue weighted by Crippen LogP contribution is 2.24. The van der Waals surface area contributed by atoms with Gasteiger partial charge in [0, 0.05) is 25.0 Å². The number of benzene rings is 1. The Bertz CT molecular complexity index is 726. The Morgan fingerprint density at radius 2 is 1.79 bits per heavy atom. The molecule has 1 aromatic carbocycles. The van der Waals surface area contributed by atoms with Crippen molar-refractivity contribution in [1.29, 1.82) is 0 Å².